The van der Waals surface area contributed by atoms with E-state index < -0.39 is 48.9 Å². The van der Waals surface area contributed by atoms with Gasteiger partial charge in [0.1, 0.15) is 6.54 Å². The predicted molar refractivity (Wildman–Crippen MR) is 132 cm³/mol. The summed E-state index contributed by atoms with van der Waals surface area (Å²) in [6, 6.07) is 10.8. The Kier molecular flexibility index (Phi) is 8.58. The fourth-order valence-electron chi connectivity index (χ4n) is 3.97. The largest absolute Gasteiger partial charge is 0.491 e. The highest BCUT2D eigenvalue weighted by Gasteiger charge is 2.43. The second-order valence-electron chi connectivity index (χ2n) is 8.99. The monoisotopic (exact) mass is 529 g/mol. The molecule has 0 saturated carbocycles. The van der Waals surface area contributed by atoms with Crippen molar-refractivity contribution in [3.8, 4) is 11.8 Å². The number of amides is 2. The number of fused-ring (bicyclic) bond motifs is 1. The summed E-state index contributed by atoms with van der Waals surface area (Å²) in [6.07, 6.45) is -6.07. The van der Waals surface area contributed by atoms with E-state index >= 15 is 0 Å². The van der Waals surface area contributed by atoms with Gasteiger partial charge in [0.15, 0.2) is 0 Å². The van der Waals surface area contributed by atoms with Crippen LogP contribution in [0.1, 0.15) is 54.2 Å². The van der Waals surface area contributed by atoms with Gasteiger partial charge in [0.25, 0.3) is 5.91 Å². The minimum Gasteiger partial charge on any atom is -0.386 e. The third-order valence-electron chi connectivity index (χ3n) is 5.78. The van der Waals surface area contributed by atoms with Crippen molar-refractivity contribution < 1.29 is 37.1 Å². The zero-order chi connectivity index (χ0) is 28.2. The first-order valence-corrected chi connectivity index (χ1v) is 11.7. The highest BCUT2D eigenvalue weighted by atomic mass is 19.4. The molecule has 0 radical (unpaired) electrons. The third-order valence-corrected chi connectivity index (χ3v) is 5.78. The second kappa shape index (κ2) is 11.5. The van der Waals surface area contributed by atoms with Gasteiger partial charge in [0, 0.05) is 29.8 Å². The topological polar surface area (TPSA) is 110 Å². The van der Waals surface area contributed by atoms with Crippen molar-refractivity contribution in [3.63, 3.8) is 0 Å². The lowest BCUT2D eigenvalue weighted by Gasteiger charge is -2.28. The molecule has 1 aliphatic heterocycles. The molecular weight excluding hydrogens is 503 g/mol. The Morgan fingerprint density at radius 2 is 1.71 bits per heavy atom. The van der Waals surface area contributed by atoms with E-state index in [1.54, 1.807) is 26.0 Å². The van der Waals surface area contributed by atoms with Crippen LogP contribution in [-0.2, 0) is 25.7 Å². The highest BCUT2D eigenvalue weighted by molar-refractivity contribution is 6.10. The van der Waals surface area contributed by atoms with Gasteiger partial charge >= 0.3 is 18.1 Å². The molecule has 0 aromatic heterocycles. The Balaban J connectivity index is 1.94. The molecule has 0 fully saturated rings. The van der Waals surface area contributed by atoms with E-state index in [9.17, 15) is 32.3 Å². The Bertz CT molecular complexity index is 1330. The molecule has 0 bridgehead atoms. The molecule has 11 heteroatoms. The van der Waals surface area contributed by atoms with Crippen LogP contribution in [0.5, 0.6) is 0 Å². The van der Waals surface area contributed by atoms with Gasteiger partial charge in [0.05, 0.1) is 17.7 Å². The number of esters is 2. The van der Waals surface area contributed by atoms with Crippen LogP contribution in [-0.4, -0.2) is 53.5 Å². The van der Waals surface area contributed by atoms with Crippen LogP contribution in [0.3, 0.4) is 0 Å². The Hall–Kier alpha value is -4.17. The molecule has 2 N–H and O–H groups in total. The lowest BCUT2D eigenvalue weighted by Crippen LogP contribution is -2.46. The molecular formula is C27H26F3N3O5. The van der Waals surface area contributed by atoms with Crippen molar-refractivity contribution in [1.29, 1.82) is 0 Å². The minimum absolute atomic E-state index is 0.138. The van der Waals surface area contributed by atoms with E-state index in [2.05, 4.69) is 16.6 Å². The molecule has 200 valence electrons. The molecule has 2 aromatic carbocycles. The molecule has 0 spiro atoms. The molecule has 8 nitrogen and oxygen atoms in total. The lowest BCUT2D eigenvalue weighted by atomic mass is 10.0. The number of hydrogen-bond donors (Lipinski definition) is 1. The van der Waals surface area contributed by atoms with Crippen LogP contribution < -0.4 is 10.6 Å². The van der Waals surface area contributed by atoms with Gasteiger partial charge in [-0.2, -0.15) is 13.2 Å². The van der Waals surface area contributed by atoms with E-state index in [0.717, 1.165) is 16.0 Å². The maximum Gasteiger partial charge on any atom is 0.491 e. The van der Waals surface area contributed by atoms with Gasteiger partial charge in [-0.1, -0.05) is 24.0 Å². The summed E-state index contributed by atoms with van der Waals surface area (Å²) in [7, 11) is 0. The maximum absolute atomic E-state index is 13.6. The smallest absolute Gasteiger partial charge is 0.386 e. The number of ether oxygens (including phenoxy) is 1. The second-order valence-corrected chi connectivity index (χ2v) is 8.99. The number of benzene rings is 2. The first-order chi connectivity index (χ1) is 17.8. The number of alkyl halides is 3. The molecule has 1 unspecified atom stereocenters. The van der Waals surface area contributed by atoms with Gasteiger partial charge in [-0.25, -0.2) is 4.79 Å². The average molecular weight is 530 g/mol. The number of nitrogens with zero attached hydrogens (tertiary/aromatic N) is 2. The van der Waals surface area contributed by atoms with Gasteiger partial charge in [-0.05, 0) is 56.7 Å². The fourth-order valence-corrected chi connectivity index (χ4v) is 3.97. The van der Waals surface area contributed by atoms with Crippen molar-refractivity contribution in [1.82, 2.24) is 4.90 Å². The number of carbonyl (C=O) groups is 4. The van der Waals surface area contributed by atoms with Gasteiger partial charge in [0.2, 0.25) is 5.91 Å². The molecule has 38 heavy (non-hydrogen) atoms. The first kappa shape index (κ1) is 28.4. The van der Waals surface area contributed by atoms with Crippen LogP contribution in [0.2, 0.25) is 0 Å². The van der Waals surface area contributed by atoms with Gasteiger partial charge < -0.3 is 20.3 Å². The summed E-state index contributed by atoms with van der Waals surface area (Å²) >= 11 is 0. The summed E-state index contributed by atoms with van der Waals surface area (Å²) in [5, 5.41) is 0. The summed E-state index contributed by atoms with van der Waals surface area (Å²) < 4.78 is 41.2. The number of carbonyl (C=O) groups excluding carboxylic acids is 4. The quantitative estimate of drug-likeness (QED) is 0.362. The summed E-state index contributed by atoms with van der Waals surface area (Å²) in [4.78, 5) is 52.1. The predicted octanol–water partition coefficient (Wildman–Crippen LogP) is 3.15. The van der Waals surface area contributed by atoms with Crippen molar-refractivity contribution in [2.75, 3.05) is 11.4 Å². The van der Waals surface area contributed by atoms with Gasteiger partial charge in [-0.3, -0.25) is 14.4 Å². The average Bonchev–Trinajstić information content (AvgIpc) is 2.95. The van der Waals surface area contributed by atoms with Crippen molar-refractivity contribution in [2.24, 2.45) is 5.73 Å². The van der Waals surface area contributed by atoms with Crippen LogP contribution in [0, 0.1) is 11.8 Å². The number of hydrogen-bond acceptors (Lipinski definition) is 6. The lowest BCUT2D eigenvalue weighted by molar-refractivity contribution is -0.202. The number of nitrogens with two attached hydrogens (primary N) is 1. The Morgan fingerprint density at radius 1 is 1.05 bits per heavy atom. The maximum atomic E-state index is 13.6. The van der Waals surface area contributed by atoms with Crippen LogP contribution in [0.15, 0.2) is 42.5 Å². The van der Waals surface area contributed by atoms with Crippen LogP contribution in [0.4, 0.5) is 18.9 Å². The first-order valence-electron chi connectivity index (χ1n) is 11.7. The molecule has 0 saturated heterocycles. The molecule has 1 heterocycles. The standard InChI is InChI=1S/C27H26F3N3O5/c1-16(2)33-22-10-9-19(8-7-18-5-4-6-20(12-18)14-31)13-21(22)25(36)32(15-23(33)34)17(3)11-24(35)38-26(37)27(28,29)30/h4-6,9-10,12-13,16-17H,11,14-15,31H2,1-3H3. The molecule has 3 rings (SSSR count). The highest BCUT2D eigenvalue weighted by Crippen LogP contribution is 2.30. The molecule has 0 aliphatic carbocycles. The zero-order valence-corrected chi connectivity index (χ0v) is 21.0. The van der Waals surface area contributed by atoms with Crippen molar-refractivity contribution in [2.45, 2.75) is 52.0 Å². The van der Waals surface area contributed by atoms with E-state index in [4.69, 9.17) is 5.73 Å². The van der Waals surface area contributed by atoms with E-state index in [1.165, 1.54) is 17.9 Å². The summed E-state index contributed by atoms with van der Waals surface area (Å²) in [6.45, 7) is 4.84. The van der Waals surface area contributed by atoms with Gasteiger partial charge in [-0.15, -0.1) is 0 Å². The normalized spacial score (nSPS) is 14.4. The number of anilines is 1. The third kappa shape index (κ3) is 6.58. The van der Waals surface area contributed by atoms with E-state index in [1.807, 2.05) is 24.3 Å². The van der Waals surface area contributed by atoms with Crippen molar-refractivity contribution >= 4 is 29.4 Å². The number of halogens is 3. The molecule has 2 amide bonds. The summed E-state index contributed by atoms with van der Waals surface area (Å²) in [5.41, 5.74) is 8.26. The zero-order valence-electron chi connectivity index (χ0n) is 21.0. The SMILES string of the molecule is CC(CC(=O)OC(=O)C(F)(F)F)N1CC(=O)N(C(C)C)c2ccc(C#Cc3cccc(CN)c3)cc2C1=O. The van der Waals surface area contributed by atoms with Crippen LogP contribution >= 0.6 is 0 Å². The Labute approximate surface area is 217 Å². The van der Waals surface area contributed by atoms with E-state index in [0.29, 0.717) is 17.8 Å². The molecule has 1 atom stereocenters. The number of rotatable bonds is 5. The molecule has 2 aromatic rings. The van der Waals surface area contributed by atoms with E-state index in [-0.39, 0.29) is 11.6 Å². The van der Waals surface area contributed by atoms with Crippen LogP contribution in [0.25, 0.3) is 0 Å². The Morgan fingerprint density at radius 3 is 2.32 bits per heavy atom. The minimum atomic E-state index is -5.34. The summed E-state index contributed by atoms with van der Waals surface area (Å²) in [5.74, 6) is 0.815. The molecule has 1 aliphatic rings. The fraction of sp³-hybridized carbons (Fsp3) is 0.333. The van der Waals surface area contributed by atoms with Crippen molar-refractivity contribution in [3.05, 3.63) is 64.7 Å².